The average Bonchev–Trinajstić information content (AvgIpc) is 3.40. The molecule has 0 radical (unpaired) electrons. The number of amides is 3. The Morgan fingerprint density at radius 2 is 1.78 bits per heavy atom. The van der Waals surface area contributed by atoms with Crippen LogP contribution in [0.5, 0.6) is 0 Å². The Morgan fingerprint density at radius 1 is 1.00 bits per heavy atom. The Balaban J connectivity index is 1.32. The number of ether oxygens (including phenoxy) is 1. The Bertz CT molecular complexity index is 1390. The number of aromatic nitrogens is 2. The Kier molecular flexibility index (Phi) is 6.10. The minimum Gasteiger partial charge on any atom is -0.444 e. The lowest BCUT2D eigenvalue weighted by molar-refractivity contribution is 0.0635. The molecule has 0 spiro atoms. The molecular weight excluding hydrogens is 472 g/mol. The van der Waals surface area contributed by atoms with Gasteiger partial charge in [-0.05, 0) is 63.1 Å². The van der Waals surface area contributed by atoms with E-state index in [4.69, 9.17) is 4.74 Å². The summed E-state index contributed by atoms with van der Waals surface area (Å²) >= 11 is 0. The zero-order chi connectivity index (χ0) is 26.3. The van der Waals surface area contributed by atoms with Crippen LogP contribution in [0.25, 0.3) is 0 Å². The smallest absolute Gasteiger partial charge is 0.412 e. The maximum Gasteiger partial charge on any atom is 0.412 e. The standard InChI is InChI=1S/C27H30N6O4/c1-27(2,3)37-26(36)28-21-8-6-5-7-20(21)24(34)29-22-16-23-32(13-14-33(23)30-22)18-9-10-19-17(15-18)11-12-31(4)25(19)35/h5-10,15-16H,11-14H2,1-4H3,(H,28,36)(H,29,30,34). The van der Waals surface area contributed by atoms with Crippen molar-refractivity contribution in [1.29, 1.82) is 0 Å². The van der Waals surface area contributed by atoms with Crippen molar-refractivity contribution in [3.05, 3.63) is 65.2 Å². The molecule has 1 aromatic heterocycles. The number of hydrogen-bond donors (Lipinski definition) is 2. The number of carbonyl (C=O) groups excluding carboxylic acids is 3. The zero-order valence-corrected chi connectivity index (χ0v) is 21.4. The van der Waals surface area contributed by atoms with Crippen molar-refractivity contribution in [3.63, 3.8) is 0 Å². The second-order valence-electron chi connectivity index (χ2n) is 10.2. The fraction of sp³-hybridized carbons (Fsp3) is 0.333. The molecule has 3 heterocycles. The van der Waals surface area contributed by atoms with Crippen LogP contribution >= 0.6 is 0 Å². The molecule has 0 unspecified atom stereocenters. The first-order chi connectivity index (χ1) is 17.6. The summed E-state index contributed by atoms with van der Waals surface area (Å²) in [5.74, 6) is 0.915. The van der Waals surface area contributed by atoms with Gasteiger partial charge in [-0.1, -0.05) is 12.1 Å². The highest BCUT2D eigenvalue weighted by Crippen LogP contribution is 2.34. The third-order valence-corrected chi connectivity index (χ3v) is 6.31. The second kappa shape index (κ2) is 9.27. The van der Waals surface area contributed by atoms with Crippen molar-refractivity contribution in [3.8, 4) is 0 Å². The number of para-hydroxylation sites is 1. The Hall–Kier alpha value is -4.34. The van der Waals surface area contributed by atoms with E-state index in [2.05, 4.69) is 26.7 Å². The number of rotatable bonds is 4. The maximum atomic E-state index is 13.1. The van der Waals surface area contributed by atoms with E-state index in [1.54, 1.807) is 49.9 Å². The lowest BCUT2D eigenvalue weighted by Gasteiger charge is -2.26. The molecule has 37 heavy (non-hydrogen) atoms. The average molecular weight is 503 g/mol. The molecule has 5 rings (SSSR count). The second-order valence-corrected chi connectivity index (χ2v) is 10.2. The van der Waals surface area contributed by atoms with E-state index >= 15 is 0 Å². The van der Waals surface area contributed by atoms with E-state index in [1.807, 2.05) is 29.9 Å². The van der Waals surface area contributed by atoms with Gasteiger partial charge in [0.15, 0.2) is 5.82 Å². The highest BCUT2D eigenvalue weighted by Gasteiger charge is 2.27. The van der Waals surface area contributed by atoms with E-state index in [9.17, 15) is 14.4 Å². The predicted molar refractivity (Wildman–Crippen MR) is 141 cm³/mol. The molecule has 3 amide bonds. The van der Waals surface area contributed by atoms with E-state index in [1.165, 1.54) is 0 Å². The number of benzene rings is 2. The molecule has 0 fully saturated rings. The van der Waals surface area contributed by atoms with Gasteiger partial charge in [-0.2, -0.15) is 5.10 Å². The molecule has 0 saturated carbocycles. The number of nitrogens with zero attached hydrogens (tertiary/aromatic N) is 4. The van der Waals surface area contributed by atoms with Gasteiger partial charge >= 0.3 is 6.09 Å². The fourth-order valence-corrected chi connectivity index (χ4v) is 4.57. The Labute approximate surface area is 215 Å². The molecule has 0 saturated heterocycles. The first-order valence-electron chi connectivity index (χ1n) is 12.2. The minimum absolute atomic E-state index is 0.0469. The molecule has 3 aromatic rings. The van der Waals surface area contributed by atoms with Gasteiger partial charge in [-0.25, -0.2) is 9.48 Å². The summed E-state index contributed by atoms with van der Waals surface area (Å²) in [5.41, 5.74) is 2.76. The van der Waals surface area contributed by atoms with E-state index in [-0.39, 0.29) is 5.91 Å². The molecule has 0 aliphatic carbocycles. The van der Waals surface area contributed by atoms with Gasteiger partial charge < -0.3 is 19.9 Å². The molecule has 0 atom stereocenters. The number of nitrogens with one attached hydrogen (secondary N) is 2. The molecule has 2 aliphatic rings. The van der Waals surface area contributed by atoms with Crippen LogP contribution in [0.15, 0.2) is 48.5 Å². The summed E-state index contributed by atoms with van der Waals surface area (Å²) in [7, 11) is 1.82. The van der Waals surface area contributed by atoms with Gasteiger partial charge in [-0.3, -0.25) is 14.9 Å². The van der Waals surface area contributed by atoms with Crippen molar-refractivity contribution in [1.82, 2.24) is 14.7 Å². The highest BCUT2D eigenvalue weighted by molar-refractivity contribution is 6.09. The van der Waals surface area contributed by atoms with Crippen LogP contribution in [0.1, 0.15) is 47.1 Å². The van der Waals surface area contributed by atoms with Crippen LogP contribution in [0.2, 0.25) is 0 Å². The predicted octanol–water partition coefficient (Wildman–Crippen LogP) is 4.26. The third kappa shape index (κ3) is 5.00. The van der Waals surface area contributed by atoms with Crippen LogP contribution in [-0.4, -0.2) is 58.3 Å². The maximum absolute atomic E-state index is 13.1. The van der Waals surface area contributed by atoms with Crippen molar-refractivity contribution < 1.29 is 19.1 Å². The molecule has 2 aliphatic heterocycles. The lowest BCUT2D eigenvalue weighted by Crippen LogP contribution is -2.34. The molecular formula is C27H30N6O4. The molecule has 2 aromatic carbocycles. The summed E-state index contributed by atoms with van der Waals surface area (Å²) in [5, 5.41) is 10.0. The number of hydrogen-bond acceptors (Lipinski definition) is 6. The monoisotopic (exact) mass is 502 g/mol. The van der Waals surface area contributed by atoms with Crippen LogP contribution in [0.4, 0.5) is 27.8 Å². The highest BCUT2D eigenvalue weighted by atomic mass is 16.6. The Morgan fingerprint density at radius 3 is 2.57 bits per heavy atom. The van der Waals surface area contributed by atoms with Gasteiger partial charge in [0.2, 0.25) is 0 Å². The quantitative estimate of drug-likeness (QED) is 0.552. The van der Waals surface area contributed by atoms with E-state index in [0.717, 1.165) is 35.6 Å². The van der Waals surface area contributed by atoms with Crippen molar-refractivity contribution in [2.24, 2.45) is 0 Å². The third-order valence-electron chi connectivity index (χ3n) is 6.31. The van der Waals surface area contributed by atoms with Gasteiger partial charge in [-0.15, -0.1) is 0 Å². The number of anilines is 4. The molecule has 2 N–H and O–H groups in total. The minimum atomic E-state index is -0.659. The van der Waals surface area contributed by atoms with Crippen LogP contribution in [-0.2, 0) is 17.7 Å². The van der Waals surface area contributed by atoms with Crippen LogP contribution in [0, 0.1) is 0 Å². The molecule has 192 valence electrons. The summed E-state index contributed by atoms with van der Waals surface area (Å²) in [6.45, 7) is 7.43. The van der Waals surface area contributed by atoms with Gasteiger partial charge in [0, 0.05) is 37.5 Å². The van der Waals surface area contributed by atoms with Crippen molar-refractivity contribution in [2.45, 2.75) is 39.3 Å². The number of fused-ring (bicyclic) bond motifs is 2. The normalized spacial score (nSPS) is 14.8. The zero-order valence-electron chi connectivity index (χ0n) is 21.4. The summed E-state index contributed by atoms with van der Waals surface area (Å²) < 4.78 is 7.16. The van der Waals surface area contributed by atoms with Gasteiger partial charge in [0.25, 0.3) is 11.8 Å². The largest absolute Gasteiger partial charge is 0.444 e. The SMILES string of the molecule is CN1CCc2cc(N3CCn4nc(NC(=O)c5ccccc5NC(=O)OC(C)(C)C)cc43)ccc2C1=O. The number of carbonyl (C=O) groups is 3. The first kappa shape index (κ1) is 24.4. The van der Waals surface area contributed by atoms with Gasteiger partial charge in [0.1, 0.15) is 11.4 Å². The fourth-order valence-electron chi connectivity index (χ4n) is 4.57. The molecule has 10 nitrogen and oxygen atoms in total. The molecule has 10 heteroatoms. The summed E-state index contributed by atoms with van der Waals surface area (Å²) in [6, 6.07) is 14.5. The number of likely N-dealkylation sites (N-methyl/N-ethyl adjacent to an activating group) is 1. The van der Waals surface area contributed by atoms with Crippen molar-refractivity contribution >= 4 is 40.9 Å². The first-order valence-corrected chi connectivity index (χ1v) is 12.2. The lowest BCUT2D eigenvalue weighted by atomic mass is 9.98. The van der Waals surface area contributed by atoms with Crippen molar-refractivity contribution in [2.75, 3.05) is 35.7 Å². The van der Waals surface area contributed by atoms with Gasteiger partial charge in [0.05, 0.1) is 17.8 Å². The topological polar surface area (TPSA) is 109 Å². The summed E-state index contributed by atoms with van der Waals surface area (Å²) in [6.07, 6.45) is 0.180. The summed E-state index contributed by atoms with van der Waals surface area (Å²) in [4.78, 5) is 41.6. The van der Waals surface area contributed by atoms with E-state index < -0.39 is 17.6 Å². The van der Waals surface area contributed by atoms with Crippen LogP contribution < -0.4 is 15.5 Å². The van der Waals surface area contributed by atoms with Crippen LogP contribution in [0.3, 0.4) is 0 Å². The van der Waals surface area contributed by atoms with E-state index in [0.29, 0.717) is 30.2 Å². The molecule has 0 bridgehead atoms.